The van der Waals surface area contributed by atoms with Gasteiger partial charge < -0.3 is 10.2 Å². The molecular weight excluding hydrogens is 578 g/mol. The van der Waals surface area contributed by atoms with Crippen molar-refractivity contribution < 1.29 is 31.2 Å². The van der Waals surface area contributed by atoms with E-state index in [1.165, 1.54) is 50.4 Å². The molecule has 39 heavy (non-hydrogen) atoms. The zero-order valence-corrected chi connectivity index (χ0v) is 23.1. The van der Waals surface area contributed by atoms with Gasteiger partial charge >= 0.3 is 6.18 Å². The Kier molecular flexibility index (Phi) is 9.52. The number of nitrogens with zero attached hydrogens (tertiary/aromatic N) is 2. The number of carbonyl (C=O) groups excluding carboxylic acids is 2. The molecule has 3 aromatic rings. The zero-order chi connectivity index (χ0) is 29.0. The average Bonchev–Trinajstić information content (AvgIpc) is 2.90. The van der Waals surface area contributed by atoms with Crippen molar-refractivity contribution in [1.29, 1.82) is 0 Å². The third kappa shape index (κ3) is 7.23. The number of amides is 2. The summed E-state index contributed by atoms with van der Waals surface area (Å²) >= 11 is 12.2. The summed E-state index contributed by atoms with van der Waals surface area (Å²) in [5, 5.41) is 2.97. The molecule has 0 aromatic heterocycles. The summed E-state index contributed by atoms with van der Waals surface area (Å²) in [5.41, 5.74) is -1.05. The molecule has 0 saturated heterocycles. The standard InChI is InChI=1S/C26H24Cl2F3N3O4S/c1-17(25(36)32-2)33(15-18-11-12-20(27)14-23(18)28)24(35)16-34(39(37,38)22-9-4-3-5-10-22)21-8-6-7-19(13-21)26(29,30)31/h3-14,17H,15-16H2,1-2H3,(H,32,36)/t17-/m1/s1. The van der Waals surface area contributed by atoms with Crippen molar-refractivity contribution in [1.82, 2.24) is 10.2 Å². The van der Waals surface area contributed by atoms with E-state index in [0.717, 1.165) is 23.1 Å². The number of benzene rings is 3. The number of nitrogens with one attached hydrogen (secondary N) is 1. The van der Waals surface area contributed by atoms with Crippen molar-refractivity contribution in [2.75, 3.05) is 17.9 Å². The highest BCUT2D eigenvalue weighted by Crippen LogP contribution is 2.33. The van der Waals surface area contributed by atoms with Gasteiger partial charge in [0.2, 0.25) is 11.8 Å². The van der Waals surface area contributed by atoms with E-state index < -0.39 is 46.2 Å². The lowest BCUT2D eigenvalue weighted by Crippen LogP contribution is -2.50. The van der Waals surface area contributed by atoms with E-state index in [9.17, 15) is 31.2 Å². The molecule has 7 nitrogen and oxygen atoms in total. The maximum absolute atomic E-state index is 13.7. The molecule has 3 aromatic carbocycles. The van der Waals surface area contributed by atoms with Crippen molar-refractivity contribution in [3.8, 4) is 0 Å². The number of carbonyl (C=O) groups is 2. The summed E-state index contributed by atoms with van der Waals surface area (Å²) in [7, 11) is -3.14. The summed E-state index contributed by atoms with van der Waals surface area (Å²) in [6.45, 7) is 0.331. The van der Waals surface area contributed by atoms with E-state index in [-0.39, 0.29) is 22.2 Å². The smallest absolute Gasteiger partial charge is 0.357 e. The molecule has 0 saturated carbocycles. The van der Waals surface area contributed by atoms with Gasteiger partial charge in [0.25, 0.3) is 10.0 Å². The van der Waals surface area contributed by atoms with E-state index in [2.05, 4.69) is 5.32 Å². The largest absolute Gasteiger partial charge is 0.416 e. The summed E-state index contributed by atoms with van der Waals surface area (Å²) in [4.78, 5) is 27.0. The summed E-state index contributed by atoms with van der Waals surface area (Å²) in [6.07, 6.45) is -4.76. The van der Waals surface area contributed by atoms with Crippen LogP contribution in [0.4, 0.5) is 18.9 Å². The quantitative estimate of drug-likeness (QED) is 0.357. The molecule has 13 heteroatoms. The topological polar surface area (TPSA) is 86.8 Å². The van der Waals surface area contributed by atoms with Gasteiger partial charge in [0.1, 0.15) is 12.6 Å². The van der Waals surface area contributed by atoms with Gasteiger partial charge in [-0.1, -0.05) is 53.5 Å². The second-order valence-corrected chi connectivity index (χ2v) is 11.1. The number of rotatable bonds is 9. The first-order valence-corrected chi connectivity index (χ1v) is 13.7. The Labute approximate surface area is 234 Å². The molecule has 0 heterocycles. The Bertz CT molecular complexity index is 1450. The molecule has 3 rings (SSSR count). The first-order valence-electron chi connectivity index (χ1n) is 11.5. The minimum atomic E-state index is -4.76. The number of anilines is 1. The number of halogens is 5. The Morgan fingerprint density at radius 2 is 1.64 bits per heavy atom. The predicted molar refractivity (Wildman–Crippen MR) is 143 cm³/mol. The number of sulfonamides is 1. The molecule has 0 aliphatic carbocycles. The second kappa shape index (κ2) is 12.3. The fourth-order valence-corrected chi connectivity index (χ4v) is 5.61. The Balaban J connectivity index is 2.10. The van der Waals surface area contributed by atoms with Gasteiger partial charge in [-0.2, -0.15) is 13.2 Å². The van der Waals surface area contributed by atoms with Crippen molar-refractivity contribution in [3.05, 3.63) is 94.0 Å². The van der Waals surface area contributed by atoms with Crippen LogP contribution in [0.3, 0.4) is 0 Å². The Morgan fingerprint density at radius 3 is 2.23 bits per heavy atom. The van der Waals surface area contributed by atoms with Gasteiger partial charge in [0.05, 0.1) is 16.1 Å². The monoisotopic (exact) mass is 601 g/mol. The maximum atomic E-state index is 13.7. The third-order valence-electron chi connectivity index (χ3n) is 5.84. The van der Waals surface area contributed by atoms with Crippen molar-refractivity contribution in [3.63, 3.8) is 0 Å². The van der Waals surface area contributed by atoms with Gasteiger partial charge in [-0.25, -0.2) is 8.42 Å². The SMILES string of the molecule is CNC(=O)[C@@H](C)N(Cc1ccc(Cl)cc1Cl)C(=O)CN(c1cccc(C(F)(F)F)c1)S(=O)(=O)c1ccccc1. The van der Waals surface area contributed by atoms with Crippen LogP contribution in [0.1, 0.15) is 18.1 Å². The number of hydrogen-bond acceptors (Lipinski definition) is 4. The third-order valence-corrected chi connectivity index (χ3v) is 8.22. The van der Waals surface area contributed by atoms with E-state index >= 15 is 0 Å². The van der Waals surface area contributed by atoms with E-state index in [1.807, 2.05) is 0 Å². The maximum Gasteiger partial charge on any atom is 0.416 e. The highest BCUT2D eigenvalue weighted by atomic mass is 35.5. The zero-order valence-electron chi connectivity index (χ0n) is 20.7. The minimum absolute atomic E-state index is 0.203. The van der Waals surface area contributed by atoms with Crippen LogP contribution in [0.25, 0.3) is 0 Å². The number of hydrogen-bond donors (Lipinski definition) is 1. The van der Waals surface area contributed by atoms with Gasteiger partial charge in [-0.05, 0) is 55.0 Å². The molecule has 0 aliphatic heterocycles. The molecule has 0 aliphatic rings. The Morgan fingerprint density at radius 1 is 0.974 bits per heavy atom. The normalized spacial score (nSPS) is 12.5. The summed E-state index contributed by atoms with van der Waals surface area (Å²) < 4.78 is 68.3. The van der Waals surface area contributed by atoms with Crippen LogP contribution in [-0.4, -0.2) is 44.8 Å². The van der Waals surface area contributed by atoms with Gasteiger partial charge in [0, 0.05) is 23.6 Å². The molecule has 2 amide bonds. The Hall–Kier alpha value is -3.28. The number of likely N-dealkylation sites (N-methyl/N-ethyl adjacent to an activating group) is 1. The van der Waals surface area contributed by atoms with Crippen molar-refractivity contribution >= 4 is 50.7 Å². The molecule has 0 bridgehead atoms. The number of alkyl halides is 3. The van der Waals surface area contributed by atoms with Crippen LogP contribution in [-0.2, 0) is 32.3 Å². The molecule has 208 valence electrons. The van der Waals surface area contributed by atoms with E-state index in [4.69, 9.17) is 23.2 Å². The summed E-state index contributed by atoms with van der Waals surface area (Å²) in [5.74, 6) is -1.40. The highest BCUT2D eigenvalue weighted by Gasteiger charge is 2.35. The molecular formula is C26H24Cl2F3N3O4S. The lowest BCUT2D eigenvalue weighted by atomic mass is 10.1. The second-order valence-electron chi connectivity index (χ2n) is 8.42. The average molecular weight is 602 g/mol. The fourth-order valence-electron chi connectivity index (χ4n) is 3.71. The summed E-state index contributed by atoms with van der Waals surface area (Å²) in [6, 6.07) is 14.1. The lowest BCUT2D eigenvalue weighted by Gasteiger charge is -2.32. The van der Waals surface area contributed by atoms with Crippen LogP contribution in [0.2, 0.25) is 10.0 Å². The first kappa shape index (κ1) is 30.3. The van der Waals surface area contributed by atoms with Gasteiger partial charge in [-0.3, -0.25) is 13.9 Å². The lowest BCUT2D eigenvalue weighted by molar-refractivity contribution is -0.139. The highest BCUT2D eigenvalue weighted by molar-refractivity contribution is 7.92. The van der Waals surface area contributed by atoms with Crippen LogP contribution in [0.5, 0.6) is 0 Å². The van der Waals surface area contributed by atoms with E-state index in [0.29, 0.717) is 21.0 Å². The van der Waals surface area contributed by atoms with Gasteiger partial charge in [0.15, 0.2) is 0 Å². The molecule has 0 spiro atoms. The van der Waals surface area contributed by atoms with Crippen LogP contribution >= 0.6 is 23.2 Å². The first-order chi connectivity index (χ1) is 18.3. The molecule has 0 unspecified atom stereocenters. The van der Waals surface area contributed by atoms with Crippen LogP contribution in [0, 0.1) is 0 Å². The molecule has 1 N–H and O–H groups in total. The predicted octanol–water partition coefficient (Wildman–Crippen LogP) is 5.37. The molecule has 0 fully saturated rings. The van der Waals surface area contributed by atoms with E-state index in [1.54, 1.807) is 12.1 Å². The van der Waals surface area contributed by atoms with Crippen molar-refractivity contribution in [2.24, 2.45) is 0 Å². The molecule has 0 radical (unpaired) electrons. The van der Waals surface area contributed by atoms with Crippen molar-refractivity contribution in [2.45, 2.75) is 30.6 Å². The minimum Gasteiger partial charge on any atom is -0.357 e. The van der Waals surface area contributed by atoms with Crippen LogP contribution in [0.15, 0.2) is 77.7 Å². The van der Waals surface area contributed by atoms with Crippen LogP contribution < -0.4 is 9.62 Å². The van der Waals surface area contributed by atoms with Gasteiger partial charge in [-0.15, -0.1) is 0 Å². The molecule has 1 atom stereocenters. The fraction of sp³-hybridized carbons (Fsp3) is 0.231.